The van der Waals surface area contributed by atoms with Gasteiger partial charge in [-0.25, -0.2) is 13.1 Å². The number of thiophene rings is 1. The van der Waals surface area contributed by atoms with Gasteiger partial charge in [-0.2, -0.15) is 11.3 Å². The second-order valence-corrected chi connectivity index (χ2v) is 6.80. The predicted octanol–water partition coefficient (Wildman–Crippen LogP) is 2.42. The summed E-state index contributed by atoms with van der Waals surface area (Å²) >= 11 is 1.54. The number of rotatable bonds is 7. The van der Waals surface area contributed by atoms with Crippen molar-refractivity contribution < 1.29 is 17.9 Å². The van der Waals surface area contributed by atoms with Crippen LogP contribution in [0.1, 0.15) is 11.7 Å². The molecule has 2 aromatic rings. The van der Waals surface area contributed by atoms with Crippen LogP contribution in [0.15, 0.2) is 46.0 Å². The topological polar surface area (TPSA) is 64.6 Å². The van der Waals surface area contributed by atoms with E-state index in [1.165, 1.54) is 13.2 Å². The summed E-state index contributed by atoms with van der Waals surface area (Å²) in [5.74, 6) is 0.314. The van der Waals surface area contributed by atoms with E-state index in [0.717, 1.165) is 5.56 Å². The molecule has 1 N–H and O–H groups in total. The van der Waals surface area contributed by atoms with Gasteiger partial charge in [0.15, 0.2) is 0 Å². The molecule has 0 aliphatic rings. The van der Waals surface area contributed by atoms with E-state index in [4.69, 9.17) is 9.47 Å². The van der Waals surface area contributed by atoms with Crippen molar-refractivity contribution in [2.45, 2.75) is 11.0 Å². The van der Waals surface area contributed by atoms with Gasteiger partial charge in [-0.1, -0.05) is 12.1 Å². The molecule has 0 radical (unpaired) electrons. The van der Waals surface area contributed by atoms with Crippen LogP contribution in [0.5, 0.6) is 5.75 Å². The van der Waals surface area contributed by atoms with Gasteiger partial charge in [0.1, 0.15) is 10.6 Å². The summed E-state index contributed by atoms with van der Waals surface area (Å²) in [5, 5.41) is 3.86. The third-order valence-corrected chi connectivity index (χ3v) is 5.18. The minimum atomic E-state index is -3.65. The van der Waals surface area contributed by atoms with E-state index in [1.54, 1.807) is 36.6 Å². The maximum atomic E-state index is 12.4. The van der Waals surface area contributed by atoms with Gasteiger partial charge in [-0.05, 0) is 34.5 Å². The fourth-order valence-corrected chi connectivity index (χ4v) is 3.80. The molecule has 0 aliphatic carbocycles. The molecule has 0 saturated heterocycles. The Morgan fingerprint density at radius 2 is 2.00 bits per heavy atom. The average Bonchev–Trinajstić information content (AvgIpc) is 3.02. The molecule has 0 saturated carbocycles. The Kier molecular flexibility index (Phi) is 5.35. The molecule has 0 aliphatic heterocycles. The molecule has 0 spiro atoms. The number of benzene rings is 1. The average molecular weight is 327 g/mol. The molecule has 1 atom stereocenters. The smallest absolute Gasteiger partial charge is 0.244 e. The zero-order valence-corrected chi connectivity index (χ0v) is 13.4. The summed E-state index contributed by atoms with van der Waals surface area (Å²) in [6, 6.07) is 8.41. The number of methoxy groups -OCH3 is 2. The first-order valence-electron chi connectivity index (χ1n) is 6.26. The highest BCUT2D eigenvalue weighted by atomic mass is 32.2. The number of sulfonamides is 1. The largest absolute Gasteiger partial charge is 0.495 e. The van der Waals surface area contributed by atoms with Crippen molar-refractivity contribution >= 4 is 21.4 Å². The van der Waals surface area contributed by atoms with Crippen molar-refractivity contribution in [2.75, 3.05) is 20.8 Å². The standard InChI is InChI=1S/C14H17NO4S2/c1-18-12-5-3-4-6-14(12)21(16,17)15-9-13(19-2)11-7-8-20-10-11/h3-8,10,13,15H,9H2,1-2H3. The highest BCUT2D eigenvalue weighted by Crippen LogP contribution is 2.24. The second kappa shape index (κ2) is 7.04. The normalized spacial score (nSPS) is 13.0. The maximum Gasteiger partial charge on any atom is 0.244 e. The van der Waals surface area contributed by atoms with Gasteiger partial charge in [0, 0.05) is 13.7 Å². The van der Waals surface area contributed by atoms with Crippen molar-refractivity contribution in [2.24, 2.45) is 0 Å². The van der Waals surface area contributed by atoms with Crippen LogP contribution < -0.4 is 9.46 Å². The Balaban J connectivity index is 2.14. The van der Waals surface area contributed by atoms with Gasteiger partial charge >= 0.3 is 0 Å². The zero-order chi connectivity index (χ0) is 15.3. The van der Waals surface area contributed by atoms with Crippen LogP contribution >= 0.6 is 11.3 Å². The highest BCUT2D eigenvalue weighted by Gasteiger charge is 2.21. The minimum Gasteiger partial charge on any atom is -0.495 e. The first kappa shape index (κ1) is 16.0. The Bertz CT molecular complexity index is 668. The lowest BCUT2D eigenvalue weighted by molar-refractivity contribution is 0.107. The second-order valence-electron chi connectivity index (χ2n) is 4.28. The van der Waals surface area contributed by atoms with Crippen molar-refractivity contribution in [1.29, 1.82) is 0 Å². The van der Waals surface area contributed by atoms with E-state index in [2.05, 4.69) is 4.72 Å². The molecule has 2 rings (SSSR count). The minimum absolute atomic E-state index is 0.118. The Morgan fingerprint density at radius 1 is 1.24 bits per heavy atom. The van der Waals surface area contributed by atoms with E-state index >= 15 is 0 Å². The number of hydrogen-bond acceptors (Lipinski definition) is 5. The fraction of sp³-hybridized carbons (Fsp3) is 0.286. The molecule has 1 aromatic carbocycles. The molecule has 0 fully saturated rings. The first-order chi connectivity index (χ1) is 10.1. The van der Waals surface area contributed by atoms with Gasteiger partial charge in [-0.3, -0.25) is 0 Å². The van der Waals surface area contributed by atoms with Gasteiger partial charge in [0.25, 0.3) is 0 Å². The quantitative estimate of drug-likeness (QED) is 0.848. The van der Waals surface area contributed by atoms with Crippen molar-refractivity contribution in [3.05, 3.63) is 46.7 Å². The first-order valence-corrected chi connectivity index (χ1v) is 8.68. The Hall–Kier alpha value is -1.41. The molecule has 21 heavy (non-hydrogen) atoms. The lowest BCUT2D eigenvalue weighted by Crippen LogP contribution is -2.29. The van der Waals surface area contributed by atoms with Crippen LogP contribution in [-0.2, 0) is 14.8 Å². The van der Waals surface area contributed by atoms with Crippen LogP contribution in [0.4, 0.5) is 0 Å². The van der Waals surface area contributed by atoms with Gasteiger partial charge in [0.05, 0.1) is 13.2 Å². The molecule has 0 amide bonds. The highest BCUT2D eigenvalue weighted by molar-refractivity contribution is 7.89. The number of para-hydroxylation sites is 1. The van der Waals surface area contributed by atoms with E-state index in [9.17, 15) is 8.42 Å². The molecular formula is C14H17NO4S2. The number of ether oxygens (including phenoxy) is 2. The molecule has 1 unspecified atom stereocenters. The summed E-state index contributed by atoms with van der Waals surface area (Å²) in [4.78, 5) is 0.118. The van der Waals surface area contributed by atoms with E-state index < -0.39 is 10.0 Å². The number of hydrogen-bond donors (Lipinski definition) is 1. The van der Waals surface area contributed by atoms with Gasteiger partial charge in [-0.15, -0.1) is 0 Å². The molecule has 7 heteroatoms. The molecular weight excluding hydrogens is 310 g/mol. The van der Waals surface area contributed by atoms with Crippen molar-refractivity contribution in [1.82, 2.24) is 4.72 Å². The Morgan fingerprint density at radius 3 is 2.62 bits per heavy atom. The van der Waals surface area contributed by atoms with Gasteiger partial charge < -0.3 is 9.47 Å². The number of nitrogens with one attached hydrogen (secondary N) is 1. The van der Waals surface area contributed by atoms with E-state index in [-0.39, 0.29) is 17.5 Å². The fourth-order valence-electron chi connectivity index (χ4n) is 1.90. The van der Waals surface area contributed by atoms with Crippen LogP contribution in [0.3, 0.4) is 0 Å². The van der Waals surface area contributed by atoms with Crippen LogP contribution in [-0.4, -0.2) is 29.2 Å². The molecule has 114 valence electrons. The third kappa shape index (κ3) is 3.82. The molecule has 1 heterocycles. The van der Waals surface area contributed by atoms with Crippen LogP contribution in [0.25, 0.3) is 0 Å². The molecule has 1 aromatic heterocycles. The zero-order valence-electron chi connectivity index (χ0n) is 11.8. The monoisotopic (exact) mass is 327 g/mol. The Labute approximate surface area is 128 Å². The lowest BCUT2D eigenvalue weighted by atomic mass is 10.2. The molecule has 0 bridgehead atoms. The summed E-state index contributed by atoms with van der Waals surface area (Å²) in [7, 11) is -0.653. The predicted molar refractivity (Wildman–Crippen MR) is 82.3 cm³/mol. The van der Waals surface area contributed by atoms with Crippen LogP contribution in [0, 0.1) is 0 Å². The van der Waals surface area contributed by atoms with Crippen molar-refractivity contribution in [3.8, 4) is 5.75 Å². The summed E-state index contributed by atoms with van der Waals surface area (Å²) in [5.41, 5.74) is 0.949. The molecule has 5 nitrogen and oxygen atoms in total. The van der Waals surface area contributed by atoms with Crippen LogP contribution in [0.2, 0.25) is 0 Å². The van der Waals surface area contributed by atoms with Crippen molar-refractivity contribution in [3.63, 3.8) is 0 Å². The van der Waals surface area contributed by atoms with E-state index in [1.807, 2.05) is 16.8 Å². The van der Waals surface area contributed by atoms with E-state index in [0.29, 0.717) is 5.75 Å². The van der Waals surface area contributed by atoms with Gasteiger partial charge in [0.2, 0.25) is 10.0 Å². The third-order valence-electron chi connectivity index (χ3n) is 3.02. The summed E-state index contributed by atoms with van der Waals surface area (Å²) in [6.45, 7) is 0.160. The summed E-state index contributed by atoms with van der Waals surface area (Å²) < 4.78 is 37.7. The SMILES string of the molecule is COc1ccccc1S(=O)(=O)NCC(OC)c1ccsc1. The lowest BCUT2D eigenvalue weighted by Gasteiger charge is -2.16. The summed E-state index contributed by atoms with van der Waals surface area (Å²) in [6.07, 6.45) is -0.319. The maximum absolute atomic E-state index is 12.4.